The van der Waals surface area contributed by atoms with Crippen LogP contribution in [0.15, 0.2) is 29.2 Å². The van der Waals surface area contributed by atoms with Crippen LogP contribution in [0.3, 0.4) is 0 Å². The first-order chi connectivity index (χ1) is 9.26. The van der Waals surface area contributed by atoms with Gasteiger partial charge in [-0.15, -0.1) is 0 Å². The minimum atomic E-state index is -3.67. The van der Waals surface area contributed by atoms with E-state index in [1.54, 1.807) is 12.1 Å². The molecule has 5 nitrogen and oxygen atoms in total. The summed E-state index contributed by atoms with van der Waals surface area (Å²) in [6.07, 6.45) is 0.795. The van der Waals surface area contributed by atoms with Gasteiger partial charge in [0.2, 0.25) is 15.9 Å². The number of sulfonamides is 1. The monoisotopic (exact) mass is 298 g/mol. The van der Waals surface area contributed by atoms with Crippen molar-refractivity contribution in [2.24, 2.45) is 0 Å². The lowest BCUT2D eigenvalue weighted by molar-refractivity contribution is -0.122. The highest BCUT2D eigenvalue weighted by Gasteiger charge is 2.22. The Balaban J connectivity index is 2.75. The molecule has 6 heteroatoms. The van der Waals surface area contributed by atoms with Crippen LogP contribution >= 0.6 is 0 Å². The molecule has 1 aromatic carbocycles. The minimum absolute atomic E-state index is 0.0221. The predicted molar refractivity (Wildman–Crippen MR) is 78.9 cm³/mol. The summed E-state index contributed by atoms with van der Waals surface area (Å²) in [5.41, 5.74) is 0.978. The van der Waals surface area contributed by atoms with Gasteiger partial charge >= 0.3 is 0 Å². The SMILES string of the molecule is CC[C@@H](C)NC(=O)[C@H](C)NS(=O)(=O)c1ccc(C)cc1. The molecule has 0 aromatic heterocycles. The zero-order valence-corrected chi connectivity index (χ0v) is 13.1. The normalized spacial score (nSPS) is 14.6. The van der Waals surface area contributed by atoms with Gasteiger partial charge in [0.1, 0.15) is 0 Å². The van der Waals surface area contributed by atoms with Crippen LogP contribution in [0.5, 0.6) is 0 Å². The summed E-state index contributed by atoms with van der Waals surface area (Å²) in [5, 5.41) is 2.75. The number of hydrogen-bond acceptors (Lipinski definition) is 3. The van der Waals surface area contributed by atoms with Crippen LogP contribution in [0.4, 0.5) is 0 Å². The maximum Gasteiger partial charge on any atom is 0.241 e. The molecule has 112 valence electrons. The average Bonchev–Trinajstić information content (AvgIpc) is 2.38. The number of benzene rings is 1. The van der Waals surface area contributed by atoms with Crippen molar-refractivity contribution in [2.75, 3.05) is 0 Å². The molecule has 20 heavy (non-hydrogen) atoms. The molecule has 2 N–H and O–H groups in total. The summed E-state index contributed by atoms with van der Waals surface area (Å²) in [5.74, 6) is -0.324. The summed E-state index contributed by atoms with van der Waals surface area (Å²) >= 11 is 0. The van der Waals surface area contributed by atoms with Crippen LogP contribution < -0.4 is 10.0 Å². The molecule has 0 fully saturated rings. The van der Waals surface area contributed by atoms with Crippen molar-refractivity contribution in [1.82, 2.24) is 10.0 Å². The highest BCUT2D eigenvalue weighted by molar-refractivity contribution is 7.89. The molecule has 1 rings (SSSR count). The summed E-state index contributed by atoms with van der Waals surface area (Å²) in [4.78, 5) is 12.0. The van der Waals surface area contributed by atoms with Gasteiger partial charge in [0.15, 0.2) is 0 Å². The molecule has 1 amide bonds. The van der Waals surface area contributed by atoms with E-state index in [1.165, 1.54) is 19.1 Å². The standard InChI is InChI=1S/C14H22N2O3S/c1-5-11(3)15-14(17)12(4)16-20(18,19)13-8-6-10(2)7-9-13/h6-9,11-12,16H,5H2,1-4H3,(H,15,17)/t11-,12+/m1/s1. The van der Waals surface area contributed by atoms with E-state index >= 15 is 0 Å². The molecule has 0 heterocycles. The second kappa shape index (κ2) is 6.85. The van der Waals surface area contributed by atoms with Gasteiger partial charge < -0.3 is 5.32 Å². The fourth-order valence-electron chi connectivity index (χ4n) is 1.54. The Kier molecular flexibility index (Phi) is 5.71. The van der Waals surface area contributed by atoms with Crippen molar-refractivity contribution < 1.29 is 13.2 Å². The minimum Gasteiger partial charge on any atom is -0.352 e. The summed E-state index contributed by atoms with van der Waals surface area (Å²) in [6.45, 7) is 7.24. The highest BCUT2D eigenvalue weighted by Crippen LogP contribution is 2.10. The van der Waals surface area contributed by atoms with Crippen molar-refractivity contribution in [3.05, 3.63) is 29.8 Å². The number of amides is 1. The molecule has 0 bridgehead atoms. The van der Waals surface area contributed by atoms with E-state index in [0.717, 1.165) is 12.0 Å². The molecule has 2 atom stereocenters. The zero-order valence-electron chi connectivity index (χ0n) is 12.3. The van der Waals surface area contributed by atoms with Gasteiger partial charge in [-0.25, -0.2) is 8.42 Å². The van der Waals surface area contributed by atoms with Crippen molar-refractivity contribution in [3.63, 3.8) is 0 Å². The number of rotatable bonds is 6. The Morgan fingerprint density at radius 1 is 1.20 bits per heavy atom. The lowest BCUT2D eigenvalue weighted by Gasteiger charge is -2.17. The lowest BCUT2D eigenvalue weighted by atomic mass is 10.2. The topological polar surface area (TPSA) is 75.3 Å². The summed E-state index contributed by atoms with van der Waals surface area (Å²) in [6, 6.07) is 5.70. The number of nitrogens with one attached hydrogen (secondary N) is 2. The Morgan fingerprint density at radius 3 is 2.25 bits per heavy atom. The van der Waals surface area contributed by atoms with E-state index in [4.69, 9.17) is 0 Å². The Morgan fingerprint density at radius 2 is 1.75 bits per heavy atom. The second-order valence-corrected chi connectivity index (χ2v) is 6.69. The van der Waals surface area contributed by atoms with Crippen LogP contribution in [0.2, 0.25) is 0 Å². The quantitative estimate of drug-likeness (QED) is 0.837. The molecule has 0 radical (unpaired) electrons. The first-order valence-electron chi connectivity index (χ1n) is 6.65. The molecule has 0 aliphatic heterocycles. The summed E-state index contributed by atoms with van der Waals surface area (Å²) < 4.78 is 26.6. The molecule has 0 spiro atoms. The average molecular weight is 298 g/mol. The summed E-state index contributed by atoms with van der Waals surface area (Å²) in [7, 11) is -3.67. The highest BCUT2D eigenvalue weighted by atomic mass is 32.2. The van der Waals surface area contributed by atoms with Gasteiger partial charge in [-0.3, -0.25) is 4.79 Å². The van der Waals surface area contributed by atoms with E-state index in [1.807, 2.05) is 20.8 Å². The van der Waals surface area contributed by atoms with Crippen molar-refractivity contribution >= 4 is 15.9 Å². The molecule has 0 saturated carbocycles. The van der Waals surface area contributed by atoms with Crippen LogP contribution in [-0.2, 0) is 14.8 Å². The largest absolute Gasteiger partial charge is 0.352 e. The van der Waals surface area contributed by atoms with E-state index in [9.17, 15) is 13.2 Å². The zero-order chi connectivity index (χ0) is 15.3. The third kappa shape index (κ3) is 4.61. The molecule has 0 aliphatic carbocycles. The fourth-order valence-corrected chi connectivity index (χ4v) is 2.74. The third-order valence-electron chi connectivity index (χ3n) is 3.06. The first-order valence-corrected chi connectivity index (χ1v) is 8.14. The second-order valence-electron chi connectivity index (χ2n) is 4.97. The van der Waals surface area contributed by atoms with Gasteiger partial charge in [-0.1, -0.05) is 24.6 Å². The van der Waals surface area contributed by atoms with Gasteiger partial charge in [0, 0.05) is 6.04 Å². The van der Waals surface area contributed by atoms with Gasteiger partial charge in [-0.05, 0) is 39.3 Å². The third-order valence-corrected chi connectivity index (χ3v) is 4.61. The van der Waals surface area contributed by atoms with Crippen molar-refractivity contribution in [3.8, 4) is 0 Å². The number of aryl methyl sites for hydroxylation is 1. The van der Waals surface area contributed by atoms with Crippen molar-refractivity contribution in [1.29, 1.82) is 0 Å². The Labute approximate surface area is 120 Å². The molecule has 1 aromatic rings. The lowest BCUT2D eigenvalue weighted by Crippen LogP contribution is -2.47. The molecular formula is C14H22N2O3S. The van der Waals surface area contributed by atoms with Crippen LogP contribution in [0.25, 0.3) is 0 Å². The predicted octanol–water partition coefficient (Wildman–Crippen LogP) is 1.58. The number of carbonyl (C=O) groups is 1. The van der Waals surface area contributed by atoms with E-state index in [2.05, 4.69) is 10.0 Å². The fraction of sp³-hybridized carbons (Fsp3) is 0.500. The maximum absolute atomic E-state index is 12.1. The van der Waals surface area contributed by atoms with Gasteiger partial charge in [0.25, 0.3) is 0 Å². The first kappa shape index (κ1) is 16.7. The van der Waals surface area contributed by atoms with Crippen molar-refractivity contribution in [2.45, 2.75) is 51.1 Å². The van der Waals surface area contributed by atoms with Crippen LogP contribution in [-0.4, -0.2) is 26.4 Å². The van der Waals surface area contributed by atoms with E-state index in [-0.39, 0.29) is 16.8 Å². The van der Waals surface area contributed by atoms with Crippen LogP contribution in [0, 0.1) is 6.92 Å². The van der Waals surface area contributed by atoms with E-state index in [0.29, 0.717) is 0 Å². The molecule has 0 unspecified atom stereocenters. The smallest absolute Gasteiger partial charge is 0.241 e. The van der Waals surface area contributed by atoms with E-state index < -0.39 is 16.1 Å². The molecular weight excluding hydrogens is 276 g/mol. The molecule has 0 aliphatic rings. The molecule has 0 saturated heterocycles. The Hall–Kier alpha value is -1.40. The van der Waals surface area contributed by atoms with Crippen LogP contribution in [0.1, 0.15) is 32.8 Å². The maximum atomic E-state index is 12.1. The number of carbonyl (C=O) groups excluding carboxylic acids is 1. The Bertz CT molecular complexity index is 552. The number of hydrogen-bond donors (Lipinski definition) is 2. The van der Waals surface area contributed by atoms with Gasteiger partial charge in [-0.2, -0.15) is 4.72 Å². The van der Waals surface area contributed by atoms with Gasteiger partial charge in [0.05, 0.1) is 10.9 Å².